The molecule has 1 N–H and O–H groups in total. The first-order chi connectivity index (χ1) is 9.29. The monoisotopic (exact) mass is 260 g/mol. The van der Waals surface area contributed by atoms with E-state index in [0.717, 1.165) is 55.8 Å². The lowest BCUT2D eigenvalue weighted by atomic mass is 10.1. The largest absolute Gasteiger partial charge is 0.493 e. The Balaban J connectivity index is 1.79. The third-order valence-corrected chi connectivity index (χ3v) is 4.01. The summed E-state index contributed by atoms with van der Waals surface area (Å²) in [6.07, 6.45) is 3.11. The van der Waals surface area contributed by atoms with Gasteiger partial charge >= 0.3 is 0 Å². The van der Waals surface area contributed by atoms with E-state index in [4.69, 9.17) is 4.74 Å². The van der Waals surface area contributed by atoms with E-state index in [1.807, 2.05) is 30.1 Å². The van der Waals surface area contributed by atoms with E-state index in [-0.39, 0.29) is 5.91 Å². The second-order valence-electron chi connectivity index (χ2n) is 5.27. The highest BCUT2D eigenvalue weighted by Crippen LogP contribution is 2.27. The third kappa shape index (κ3) is 2.32. The van der Waals surface area contributed by atoms with Crippen molar-refractivity contribution >= 4 is 5.91 Å². The van der Waals surface area contributed by atoms with Crippen LogP contribution >= 0.6 is 0 Å². The molecule has 0 aromatic heterocycles. The Labute approximate surface area is 113 Å². The molecule has 1 atom stereocenters. The van der Waals surface area contributed by atoms with Crippen molar-refractivity contribution in [3.8, 4) is 5.75 Å². The number of nitrogens with one attached hydrogen (secondary N) is 1. The van der Waals surface area contributed by atoms with E-state index in [0.29, 0.717) is 6.04 Å². The van der Waals surface area contributed by atoms with Gasteiger partial charge in [-0.2, -0.15) is 0 Å². The Hall–Kier alpha value is -1.55. The summed E-state index contributed by atoms with van der Waals surface area (Å²) in [5.74, 6) is 1.09. The van der Waals surface area contributed by atoms with Gasteiger partial charge in [0.15, 0.2) is 0 Å². The number of carbonyl (C=O) groups excluding carboxylic acids is 1. The Morgan fingerprint density at radius 2 is 2.42 bits per heavy atom. The van der Waals surface area contributed by atoms with Crippen LogP contribution < -0.4 is 10.1 Å². The zero-order valence-corrected chi connectivity index (χ0v) is 11.3. The molecule has 2 heterocycles. The molecule has 0 spiro atoms. The molecule has 4 heteroatoms. The van der Waals surface area contributed by atoms with E-state index in [1.165, 1.54) is 0 Å². The molecule has 0 aliphatic carbocycles. The summed E-state index contributed by atoms with van der Waals surface area (Å²) >= 11 is 0. The maximum atomic E-state index is 12.6. The van der Waals surface area contributed by atoms with E-state index in [2.05, 4.69) is 5.32 Å². The van der Waals surface area contributed by atoms with Crippen molar-refractivity contribution in [2.24, 2.45) is 0 Å². The predicted molar refractivity (Wildman–Crippen MR) is 73.6 cm³/mol. The molecule has 1 aromatic rings. The Kier molecular flexibility index (Phi) is 3.42. The zero-order valence-electron chi connectivity index (χ0n) is 11.3. The highest BCUT2D eigenvalue weighted by molar-refractivity contribution is 5.95. The molecule has 0 bridgehead atoms. The lowest BCUT2D eigenvalue weighted by Crippen LogP contribution is -2.40. The van der Waals surface area contributed by atoms with Gasteiger partial charge in [0.2, 0.25) is 0 Å². The van der Waals surface area contributed by atoms with Gasteiger partial charge in [0.25, 0.3) is 5.91 Å². The molecule has 3 rings (SSSR count). The summed E-state index contributed by atoms with van der Waals surface area (Å²) in [4.78, 5) is 14.6. The number of likely N-dealkylation sites (tertiary alicyclic amines) is 1. The van der Waals surface area contributed by atoms with E-state index in [1.54, 1.807) is 0 Å². The molecular formula is C15H20N2O2. The van der Waals surface area contributed by atoms with Gasteiger partial charge in [0.1, 0.15) is 5.75 Å². The Morgan fingerprint density at radius 3 is 3.26 bits per heavy atom. The average Bonchev–Trinajstić information content (AvgIpc) is 3.05. The van der Waals surface area contributed by atoms with E-state index < -0.39 is 0 Å². The number of hydrogen-bond donors (Lipinski definition) is 1. The molecule has 102 valence electrons. The number of hydrogen-bond acceptors (Lipinski definition) is 3. The van der Waals surface area contributed by atoms with Crippen molar-refractivity contribution in [2.45, 2.75) is 25.3 Å². The normalized spacial score (nSPS) is 21.3. The van der Waals surface area contributed by atoms with Gasteiger partial charge in [0, 0.05) is 31.1 Å². The first-order valence-electron chi connectivity index (χ1n) is 7.01. The van der Waals surface area contributed by atoms with Crippen LogP contribution in [-0.4, -0.2) is 43.6 Å². The summed E-state index contributed by atoms with van der Waals surface area (Å²) in [5.41, 5.74) is 1.96. The fourth-order valence-electron chi connectivity index (χ4n) is 3.04. The van der Waals surface area contributed by atoms with Crippen molar-refractivity contribution in [3.05, 3.63) is 29.3 Å². The summed E-state index contributed by atoms with van der Waals surface area (Å²) in [7, 11) is 1.94. The van der Waals surface area contributed by atoms with Crippen LogP contribution in [0.2, 0.25) is 0 Å². The number of carbonyl (C=O) groups is 1. The number of likely N-dealkylation sites (N-methyl/N-ethyl adjacent to an activating group) is 1. The van der Waals surface area contributed by atoms with Crippen molar-refractivity contribution in [1.82, 2.24) is 10.2 Å². The fourth-order valence-corrected chi connectivity index (χ4v) is 3.04. The molecule has 2 aliphatic heterocycles. The zero-order chi connectivity index (χ0) is 13.2. The van der Waals surface area contributed by atoms with Crippen molar-refractivity contribution < 1.29 is 9.53 Å². The van der Waals surface area contributed by atoms with E-state index >= 15 is 0 Å². The average molecular weight is 260 g/mol. The second-order valence-corrected chi connectivity index (χ2v) is 5.27. The van der Waals surface area contributed by atoms with Crippen LogP contribution in [-0.2, 0) is 6.42 Å². The Bertz CT molecular complexity index is 487. The van der Waals surface area contributed by atoms with Crippen molar-refractivity contribution in [1.29, 1.82) is 0 Å². The summed E-state index contributed by atoms with van der Waals surface area (Å²) in [6, 6.07) is 6.15. The first-order valence-corrected chi connectivity index (χ1v) is 7.01. The maximum Gasteiger partial charge on any atom is 0.254 e. The van der Waals surface area contributed by atoms with Gasteiger partial charge in [-0.1, -0.05) is 0 Å². The number of rotatable bonds is 3. The summed E-state index contributed by atoms with van der Waals surface area (Å²) in [5, 5.41) is 3.17. The predicted octanol–water partition coefficient (Wildman–Crippen LogP) is 1.45. The minimum atomic E-state index is 0.160. The van der Waals surface area contributed by atoms with Crippen LogP contribution in [0, 0.1) is 0 Å². The Morgan fingerprint density at radius 1 is 1.53 bits per heavy atom. The second kappa shape index (κ2) is 5.21. The molecule has 0 radical (unpaired) electrons. The molecule has 1 aromatic carbocycles. The number of benzene rings is 1. The molecule has 0 unspecified atom stereocenters. The quantitative estimate of drug-likeness (QED) is 0.894. The highest BCUT2D eigenvalue weighted by Gasteiger charge is 2.29. The molecule has 4 nitrogen and oxygen atoms in total. The fraction of sp³-hybridized carbons (Fsp3) is 0.533. The molecule has 19 heavy (non-hydrogen) atoms. The van der Waals surface area contributed by atoms with Crippen LogP contribution in [0.15, 0.2) is 18.2 Å². The lowest BCUT2D eigenvalue weighted by molar-refractivity contribution is 0.0737. The SMILES string of the molecule is CNC[C@@H]1CCCN1C(=O)c1ccc2c(c1)CCO2. The number of nitrogens with zero attached hydrogens (tertiary/aromatic N) is 1. The van der Waals surface area contributed by atoms with Crippen LogP contribution in [0.5, 0.6) is 5.75 Å². The topological polar surface area (TPSA) is 41.6 Å². The van der Waals surface area contributed by atoms with Gasteiger partial charge in [-0.05, 0) is 43.7 Å². The van der Waals surface area contributed by atoms with Gasteiger partial charge in [0.05, 0.1) is 6.61 Å². The summed E-state index contributed by atoms with van der Waals surface area (Å²) < 4.78 is 5.48. The van der Waals surface area contributed by atoms with Crippen LogP contribution in [0.25, 0.3) is 0 Å². The minimum Gasteiger partial charge on any atom is -0.493 e. The summed E-state index contributed by atoms with van der Waals surface area (Å²) in [6.45, 7) is 2.48. The van der Waals surface area contributed by atoms with Gasteiger partial charge < -0.3 is 15.0 Å². The lowest BCUT2D eigenvalue weighted by Gasteiger charge is -2.24. The van der Waals surface area contributed by atoms with Gasteiger partial charge in [-0.3, -0.25) is 4.79 Å². The molecular weight excluding hydrogens is 240 g/mol. The molecule has 1 saturated heterocycles. The third-order valence-electron chi connectivity index (χ3n) is 4.01. The van der Waals surface area contributed by atoms with Crippen molar-refractivity contribution in [3.63, 3.8) is 0 Å². The smallest absolute Gasteiger partial charge is 0.254 e. The maximum absolute atomic E-state index is 12.6. The molecule has 1 amide bonds. The number of ether oxygens (including phenoxy) is 1. The first kappa shape index (κ1) is 12.5. The van der Waals surface area contributed by atoms with Crippen LogP contribution in [0.4, 0.5) is 0 Å². The number of amides is 1. The standard InChI is InChI=1S/C15H20N2O2/c1-16-10-13-3-2-7-17(13)15(18)12-4-5-14-11(9-12)6-8-19-14/h4-5,9,13,16H,2-3,6-8,10H2,1H3/t13-/m0/s1. The minimum absolute atomic E-state index is 0.160. The van der Waals surface area contributed by atoms with Gasteiger partial charge in [-0.15, -0.1) is 0 Å². The molecule has 2 aliphatic rings. The van der Waals surface area contributed by atoms with Crippen LogP contribution in [0.3, 0.4) is 0 Å². The number of fused-ring (bicyclic) bond motifs is 1. The van der Waals surface area contributed by atoms with E-state index in [9.17, 15) is 4.79 Å². The van der Waals surface area contributed by atoms with Crippen LogP contribution in [0.1, 0.15) is 28.8 Å². The molecule has 1 fully saturated rings. The van der Waals surface area contributed by atoms with Crippen molar-refractivity contribution in [2.75, 3.05) is 26.7 Å². The highest BCUT2D eigenvalue weighted by atomic mass is 16.5. The van der Waals surface area contributed by atoms with Gasteiger partial charge in [-0.25, -0.2) is 0 Å². The molecule has 0 saturated carbocycles.